The maximum Gasteiger partial charge on any atom is 0.401 e. The van der Waals surface area contributed by atoms with Crippen molar-refractivity contribution in [2.45, 2.75) is 0 Å². The minimum atomic E-state index is -0.311. The van der Waals surface area contributed by atoms with Crippen LogP contribution >= 0.6 is 0 Å². The molecule has 138 valence electrons. The average molecular weight is 362 g/mol. The summed E-state index contributed by atoms with van der Waals surface area (Å²) in [7, 11) is 0. The minimum Gasteiger partial charge on any atom is -0.479 e. The summed E-state index contributed by atoms with van der Waals surface area (Å²) in [6.07, 6.45) is 0. The summed E-state index contributed by atoms with van der Waals surface area (Å²) in [6, 6.07) is 23.8. The van der Waals surface area contributed by atoms with E-state index in [-0.39, 0.29) is 13.8 Å². The summed E-state index contributed by atoms with van der Waals surface area (Å²) in [5.41, 5.74) is 14.7. The molecule has 0 unspecified atom stereocenters. The van der Waals surface area contributed by atoms with Crippen molar-refractivity contribution in [2.75, 3.05) is 26.3 Å². The van der Waals surface area contributed by atoms with Gasteiger partial charge in [-0.2, -0.15) is 0 Å². The molecular weight excluding hydrogens is 338 g/mol. The molecule has 2 aromatic carbocycles. The largest absolute Gasteiger partial charge is 0.479 e. The summed E-state index contributed by atoms with van der Waals surface area (Å²) in [5, 5.41) is 0. The second-order valence-corrected chi connectivity index (χ2v) is 6.14. The van der Waals surface area contributed by atoms with Gasteiger partial charge in [-0.1, -0.05) is 60.7 Å². The smallest absolute Gasteiger partial charge is 0.401 e. The Labute approximate surface area is 160 Å². The van der Waals surface area contributed by atoms with Gasteiger partial charge in [-0.3, -0.25) is 0 Å². The van der Waals surface area contributed by atoms with E-state index in [9.17, 15) is 0 Å². The molecule has 1 aromatic heterocycles. The van der Waals surface area contributed by atoms with Crippen LogP contribution in [-0.4, -0.2) is 40.1 Å². The lowest BCUT2D eigenvalue weighted by Crippen LogP contribution is -2.48. The Morgan fingerprint density at radius 3 is 1.41 bits per heavy atom. The summed E-state index contributed by atoms with van der Waals surface area (Å²) in [6.45, 7) is 1.17. The monoisotopic (exact) mass is 362 g/mol. The Hall–Kier alpha value is -2.31. The SMILES string of the molecule is NCCOB(c1ccccc1)c1ccc(B(OCCN)c2ccccc2)o1. The fourth-order valence-corrected chi connectivity index (χ4v) is 2.96. The van der Waals surface area contributed by atoms with Crippen LogP contribution in [0.2, 0.25) is 0 Å². The van der Waals surface area contributed by atoms with Gasteiger partial charge >= 0.3 is 13.8 Å². The van der Waals surface area contributed by atoms with Gasteiger partial charge in [0.05, 0.1) is 0 Å². The number of hydrogen-bond acceptors (Lipinski definition) is 5. The van der Waals surface area contributed by atoms with Crippen LogP contribution < -0.4 is 33.7 Å². The first kappa shape index (κ1) is 19.5. The maximum atomic E-state index is 6.18. The predicted octanol–water partition coefficient (Wildman–Crippen LogP) is -0.558. The maximum absolute atomic E-state index is 6.18. The van der Waals surface area contributed by atoms with Crippen LogP contribution in [0.3, 0.4) is 0 Å². The fourth-order valence-electron chi connectivity index (χ4n) is 2.96. The zero-order chi connectivity index (χ0) is 18.9. The first-order chi connectivity index (χ1) is 13.3. The zero-order valence-electron chi connectivity index (χ0n) is 15.3. The molecule has 0 saturated carbocycles. The Kier molecular flexibility index (Phi) is 7.30. The molecule has 0 saturated heterocycles. The Balaban J connectivity index is 1.89. The quantitative estimate of drug-likeness (QED) is 0.473. The third-order valence-electron chi connectivity index (χ3n) is 4.17. The van der Waals surface area contributed by atoms with E-state index in [0.29, 0.717) is 26.3 Å². The summed E-state index contributed by atoms with van der Waals surface area (Å²) in [5.74, 6) is 0. The highest BCUT2D eigenvalue weighted by atomic mass is 16.5. The molecule has 0 amide bonds. The van der Waals surface area contributed by atoms with E-state index in [1.807, 2.05) is 72.8 Å². The van der Waals surface area contributed by atoms with Gasteiger partial charge in [0.25, 0.3) is 0 Å². The molecule has 3 aromatic rings. The van der Waals surface area contributed by atoms with Gasteiger partial charge in [-0.25, -0.2) is 0 Å². The lowest BCUT2D eigenvalue weighted by atomic mass is 9.59. The third-order valence-corrected chi connectivity index (χ3v) is 4.17. The molecule has 7 heteroatoms. The summed E-state index contributed by atoms with van der Waals surface area (Å²) >= 11 is 0. The van der Waals surface area contributed by atoms with Crippen LogP contribution in [0.25, 0.3) is 0 Å². The first-order valence-electron chi connectivity index (χ1n) is 9.16. The van der Waals surface area contributed by atoms with E-state index in [2.05, 4.69) is 0 Å². The number of furan rings is 1. The molecule has 1 heterocycles. The van der Waals surface area contributed by atoms with Crippen molar-refractivity contribution in [2.24, 2.45) is 11.5 Å². The second-order valence-electron chi connectivity index (χ2n) is 6.14. The Morgan fingerprint density at radius 2 is 1.04 bits per heavy atom. The lowest BCUT2D eigenvalue weighted by molar-refractivity contribution is 0.336. The van der Waals surface area contributed by atoms with E-state index in [1.165, 1.54) is 0 Å². The van der Waals surface area contributed by atoms with Gasteiger partial charge < -0.3 is 25.2 Å². The van der Waals surface area contributed by atoms with Crippen LogP contribution in [0.1, 0.15) is 0 Å². The topological polar surface area (TPSA) is 83.6 Å². The molecule has 0 bridgehead atoms. The summed E-state index contributed by atoms with van der Waals surface area (Å²) in [4.78, 5) is 0. The van der Waals surface area contributed by atoms with Gasteiger partial charge in [0.1, 0.15) is 11.3 Å². The summed E-state index contributed by atoms with van der Waals surface area (Å²) < 4.78 is 18.1. The number of hydrogen-bond donors (Lipinski definition) is 2. The molecule has 27 heavy (non-hydrogen) atoms. The van der Waals surface area contributed by atoms with Crippen LogP contribution in [0.4, 0.5) is 0 Å². The molecule has 0 fully saturated rings. The van der Waals surface area contributed by atoms with E-state index in [1.54, 1.807) is 0 Å². The molecule has 3 rings (SSSR count). The van der Waals surface area contributed by atoms with E-state index < -0.39 is 0 Å². The highest BCUT2D eigenvalue weighted by molar-refractivity contribution is 6.81. The molecule has 0 aliphatic heterocycles. The highest BCUT2D eigenvalue weighted by Crippen LogP contribution is 1.98. The highest BCUT2D eigenvalue weighted by Gasteiger charge is 2.30. The standard InChI is InChI=1S/C20H24B2N2O3/c23-13-15-25-21(17-7-3-1-4-8-17)19-11-12-20(27-19)22(26-16-14-24)18-9-5-2-6-10-18/h1-12H,13-16,23-24H2. The molecule has 0 spiro atoms. The molecule has 0 aliphatic carbocycles. The Morgan fingerprint density at radius 1 is 0.630 bits per heavy atom. The van der Waals surface area contributed by atoms with Crippen molar-refractivity contribution in [3.8, 4) is 0 Å². The normalized spacial score (nSPS) is 10.7. The fraction of sp³-hybridized carbons (Fsp3) is 0.200. The zero-order valence-corrected chi connectivity index (χ0v) is 15.3. The van der Waals surface area contributed by atoms with Crippen LogP contribution in [0.15, 0.2) is 77.2 Å². The number of rotatable bonds is 10. The van der Waals surface area contributed by atoms with Crippen molar-refractivity contribution in [1.29, 1.82) is 0 Å². The third kappa shape index (κ3) is 5.11. The first-order valence-corrected chi connectivity index (χ1v) is 9.16. The van der Waals surface area contributed by atoms with Crippen molar-refractivity contribution in [3.63, 3.8) is 0 Å². The second kappa shape index (κ2) is 10.1. The molecule has 0 atom stereocenters. The van der Waals surface area contributed by atoms with E-state index in [4.69, 9.17) is 25.2 Å². The van der Waals surface area contributed by atoms with Gasteiger partial charge in [-0.05, 0) is 23.1 Å². The van der Waals surface area contributed by atoms with Crippen LogP contribution in [0, 0.1) is 0 Å². The van der Waals surface area contributed by atoms with Crippen molar-refractivity contribution < 1.29 is 13.7 Å². The predicted molar refractivity (Wildman–Crippen MR) is 112 cm³/mol. The molecule has 0 radical (unpaired) electrons. The van der Waals surface area contributed by atoms with Gasteiger partial charge in [0.15, 0.2) is 0 Å². The number of benzene rings is 2. The molecular formula is C20H24B2N2O3. The van der Waals surface area contributed by atoms with E-state index in [0.717, 1.165) is 22.2 Å². The molecule has 0 aliphatic rings. The van der Waals surface area contributed by atoms with Crippen molar-refractivity contribution in [3.05, 3.63) is 72.8 Å². The van der Waals surface area contributed by atoms with Gasteiger partial charge in [0.2, 0.25) is 0 Å². The van der Waals surface area contributed by atoms with Crippen LogP contribution in [0.5, 0.6) is 0 Å². The Bertz CT molecular complexity index is 733. The molecule has 5 nitrogen and oxygen atoms in total. The van der Waals surface area contributed by atoms with Crippen molar-refractivity contribution in [1.82, 2.24) is 0 Å². The minimum absolute atomic E-state index is 0.311. The average Bonchev–Trinajstić information content (AvgIpc) is 3.20. The number of nitrogens with two attached hydrogens (primary N) is 2. The lowest BCUT2D eigenvalue weighted by Gasteiger charge is -2.14. The molecule has 4 N–H and O–H groups in total. The van der Waals surface area contributed by atoms with E-state index >= 15 is 0 Å². The van der Waals surface area contributed by atoms with Crippen LogP contribution in [-0.2, 0) is 9.31 Å². The van der Waals surface area contributed by atoms with Gasteiger partial charge in [-0.15, -0.1) is 0 Å². The van der Waals surface area contributed by atoms with Gasteiger partial charge in [0, 0.05) is 26.3 Å². The van der Waals surface area contributed by atoms with Crippen molar-refractivity contribution >= 4 is 36.1 Å².